The number of hydrogen-bond acceptors (Lipinski definition) is 3. The molecule has 3 heteroatoms. The van der Waals surface area contributed by atoms with Crippen molar-refractivity contribution in [2.75, 3.05) is 26.2 Å². The lowest BCUT2D eigenvalue weighted by Crippen LogP contribution is -2.56. The minimum atomic E-state index is -0.547. The fourth-order valence-corrected chi connectivity index (χ4v) is 2.53. The molecule has 0 radical (unpaired) electrons. The van der Waals surface area contributed by atoms with Gasteiger partial charge in [0.15, 0.2) is 0 Å². The Morgan fingerprint density at radius 1 is 1.20 bits per heavy atom. The molecular formula is C12H26N2O. The summed E-state index contributed by atoms with van der Waals surface area (Å²) in [4.78, 5) is 4.63. The maximum Gasteiger partial charge on any atom is 0.120 e. The summed E-state index contributed by atoms with van der Waals surface area (Å²) in [6.45, 7) is 12.6. The molecule has 0 aromatic rings. The molecule has 15 heavy (non-hydrogen) atoms. The van der Waals surface area contributed by atoms with Crippen LogP contribution in [0.5, 0.6) is 0 Å². The van der Waals surface area contributed by atoms with Crippen molar-refractivity contribution in [3.05, 3.63) is 0 Å². The smallest absolute Gasteiger partial charge is 0.120 e. The maximum atomic E-state index is 10.5. The van der Waals surface area contributed by atoms with E-state index in [1.165, 1.54) is 0 Å². The van der Waals surface area contributed by atoms with E-state index in [9.17, 15) is 5.11 Å². The van der Waals surface area contributed by atoms with Gasteiger partial charge in [-0.2, -0.15) is 0 Å². The van der Waals surface area contributed by atoms with Gasteiger partial charge in [0.25, 0.3) is 0 Å². The first-order valence-corrected chi connectivity index (χ1v) is 6.25. The lowest BCUT2D eigenvalue weighted by atomic mass is 9.97. The largest absolute Gasteiger partial charge is 0.376 e. The van der Waals surface area contributed by atoms with Gasteiger partial charge in [0.2, 0.25) is 0 Å². The van der Waals surface area contributed by atoms with Crippen molar-refractivity contribution in [1.82, 2.24) is 9.80 Å². The summed E-state index contributed by atoms with van der Waals surface area (Å²) in [5.41, 5.74) is -0.547. The van der Waals surface area contributed by atoms with E-state index in [4.69, 9.17) is 0 Å². The zero-order chi connectivity index (χ0) is 11.5. The highest BCUT2D eigenvalue weighted by Gasteiger charge is 2.36. The number of hydrogen-bond donors (Lipinski definition) is 1. The summed E-state index contributed by atoms with van der Waals surface area (Å²) in [5.74, 6) is 0. The molecular weight excluding hydrogens is 188 g/mol. The second-order valence-corrected chi connectivity index (χ2v) is 4.78. The second kappa shape index (κ2) is 5.28. The van der Waals surface area contributed by atoms with Crippen LogP contribution in [0.25, 0.3) is 0 Å². The average molecular weight is 214 g/mol. The molecule has 0 atom stereocenters. The van der Waals surface area contributed by atoms with Gasteiger partial charge >= 0.3 is 0 Å². The standard InChI is InChI=1S/C12H26N2O/c1-5-14(6-2)12(15)7-9-13(10-8-12)11(3)4/h11,15H,5-10H2,1-4H3. The zero-order valence-corrected chi connectivity index (χ0v) is 10.7. The van der Waals surface area contributed by atoms with E-state index in [0.717, 1.165) is 39.0 Å². The first kappa shape index (κ1) is 12.9. The van der Waals surface area contributed by atoms with E-state index in [2.05, 4.69) is 37.5 Å². The molecule has 0 bridgehead atoms. The third-order valence-electron chi connectivity index (χ3n) is 3.68. The predicted octanol–water partition coefficient (Wildman–Crippen LogP) is 1.52. The van der Waals surface area contributed by atoms with Gasteiger partial charge in [0.1, 0.15) is 5.72 Å². The highest BCUT2D eigenvalue weighted by molar-refractivity contribution is 4.86. The van der Waals surface area contributed by atoms with Gasteiger partial charge in [0, 0.05) is 32.0 Å². The lowest BCUT2D eigenvalue weighted by molar-refractivity contribution is -0.141. The molecule has 0 aliphatic carbocycles. The Bertz CT molecular complexity index is 182. The molecule has 1 rings (SSSR count). The number of piperidine rings is 1. The molecule has 1 saturated heterocycles. The Morgan fingerprint density at radius 2 is 1.67 bits per heavy atom. The van der Waals surface area contributed by atoms with Crippen LogP contribution in [0.3, 0.4) is 0 Å². The summed E-state index contributed by atoms with van der Waals surface area (Å²) >= 11 is 0. The summed E-state index contributed by atoms with van der Waals surface area (Å²) in [7, 11) is 0. The van der Waals surface area contributed by atoms with Crippen LogP contribution < -0.4 is 0 Å². The predicted molar refractivity (Wildman–Crippen MR) is 63.8 cm³/mol. The normalized spacial score (nSPS) is 22.6. The molecule has 90 valence electrons. The Hall–Kier alpha value is -0.120. The van der Waals surface area contributed by atoms with Crippen molar-refractivity contribution >= 4 is 0 Å². The number of rotatable bonds is 4. The molecule has 3 nitrogen and oxygen atoms in total. The summed E-state index contributed by atoms with van der Waals surface area (Å²) in [6.07, 6.45) is 1.76. The molecule has 0 unspecified atom stereocenters. The van der Waals surface area contributed by atoms with Crippen LogP contribution in [0.2, 0.25) is 0 Å². The Kier molecular flexibility index (Phi) is 4.56. The van der Waals surface area contributed by atoms with Gasteiger partial charge in [-0.25, -0.2) is 0 Å². The van der Waals surface area contributed by atoms with Crippen LogP contribution in [-0.4, -0.2) is 52.9 Å². The SMILES string of the molecule is CCN(CC)C1(O)CCN(C(C)C)CC1. The van der Waals surface area contributed by atoms with Crippen molar-refractivity contribution in [3.8, 4) is 0 Å². The van der Waals surface area contributed by atoms with Crippen molar-refractivity contribution in [2.24, 2.45) is 0 Å². The molecule has 0 aromatic heterocycles. The van der Waals surface area contributed by atoms with E-state index in [1.54, 1.807) is 0 Å². The van der Waals surface area contributed by atoms with Crippen LogP contribution in [0.4, 0.5) is 0 Å². The number of nitrogens with zero attached hydrogens (tertiary/aromatic N) is 2. The Morgan fingerprint density at radius 3 is 2.00 bits per heavy atom. The first-order chi connectivity index (χ1) is 7.03. The third kappa shape index (κ3) is 2.92. The van der Waals surface area contributed by atoms with Crippen molar-refractivity contribution in [3.63, 3.8) is 0 Å². The number of likely N-dealkylation sites (tertiary alicyclic amines) is 1. The fourth-order valence-electron chi connectivity index (χ4n) is 2.53. The quantitative estimate of drug-likeness (QED) is 0.719. The lowest BCUT2D eigenvalue weighted by Gasteiger charge is -2.45. The maximum absolute atomic E-state index is 10.5. The minimum Gasteiger partial charge on any atom is -0.376 e. The van der Waals surface area contributed by atoms with E-state index >= 15 is 0 Å². The van der Waals surface area contributed by atoms with Crippen molar-refractivity contribution < 1.29 is 5.11 Å². The summed E-state index contributed by atoms with van der Waals surface area (Å²) in [5, 5.41) is 10.5. The van der Waals surface area contributed by atoms with E-state index in [1.807, 2.05) is 0 Å². The molecule has 0 aromatic carbocycles. The van der Waals surface area contributed by atoms with Crippen molar-refractivity contribution in [1.29, 1.82) is 0 Å². The Labute approximate surface area is 94.1 Å². The third-order valence-corrected chi connectivity index (χ3v) is 3.68. The topological polar surface area (TPSA) is 26.7 Å². The second-order valence-electron chi connectivity index (χ2n) is 4.78. The van der Waals surface area contributed by atoms with Gasteiger partial charge in [-0.3, -0.25) is 4.90 Å². The van der Waals surface area contributed by atoms with Gasteiger partial charge in [0.05, 0.1) is 0 Å². The Balaban J connectivity index is 2.53. The monoisotopic (exact) mass is 214 g/mol. The minimum absolute atomic E-state index is 0.547. The van der Waals surface area contributed by atoms with Crippen molar-refractivity contribution in [2.45, 2.75) is 52.3 Å². The summed E-state index contributed by atoms with van der Waals surface area (Å²) < 4.78 is 0. The summed E-state index contributed by atoms with van der Waals surface area (Å²) in [6, 6.07) is 0.603. The van der Waals surface area contributed by atoms with Crippen LogP contribution in [0.15, 0.2) is 0 Å². The van der Waals surface area contributed by atoms with E-state index in [0.29, 0.717) is 6.04 Å². The molecule has 1 fully saturated rings. The van der Waals surface area contributed by atoms with Gasteiger partial charge < -0.3 is 10.0 Å². The highest BCUT2D eigenvalue weighted by atomic mass is 16.3. The van der Waals surface area contributed by atoms with Crippen LogP contribution in [0, 0.1) is 0 Å². The van der Waals surface area contributed by atoms with Crippen LogP contribution in [-0.2, 0) is 0 Å². The van der Waals surface area contributed by atoms with Gasteiger partial charge in [-0.1, -0.05) is 13.8 Å². The molecule has 1 heterocycles. The van der Waals surface area contributed by atoms with Crippen LogP contribution >= 0.6 is 0 Å². The van der Waals surface area contributed by atoms with Crippen LogP contribution in [0.1, 0.15) is 40.5 Å². The van der Waals surface area contributed by atoms with Gasteiger partial charge in [-0.05, 0) is 26.9 Å². The molecule has 0 saturated carbocycles. The average Bonchev–Trinajstić information content (AvgIpc) is 2.19. The molecule has 0 spiro atoms. The van der Waals surface area contributed by atoms with E-state index in [-0.39, 0.29) is 0 Å². The van der Waals surface area contributed by atoms with Gasteiger partial charge in [-0.15, -0.1) is 0 Å². The molecule has 1 aliphatic rings. The molecule has 1 N–H and O–H groups in total. The molecule has 1 aliphatic heterocycles. The highest BCUT2D eigenvalue weighted by Crippen LogP contribution is 2.26. The zero-order valence-electron chi connectivity index (χ0n) is 10.7. The number of aliphatic hydroxyl groups is 1. The molecule has 0 amide bonds. The first-order valence-electron chi connectivity index (χ1n) is 6.25. The fraction of sp³-hybridized carbons (Fsp3) is 1.00. The van der Waals surface area contributed by atoms with E-state index < -0.39 is 5.72 Å².